The molecule has 1 aliphatic heterocycles. The fraction of sp³-hybridized carbons (Fsp3) is 0.304. The number of benzene rings is 2. The van der Waals surface area contributed by atoms with Crippen molar-refractivity contribution in [3.8, 4) is 0 Å². The van der Waals surface area contributed by atoms with Crippen molar-refractivity contribution in [3.63, 3.8) is 0 Å². The summed E-state index contributed by atoms with van der Waals surface area (Å²) in [5.74, 6) is 0. The van der Waals surface area contributed by atoms with Gasteiger partial charge in [0.2, 0.25) is 0 Å². The lowest BCUT2D eigenvalue weighted by molar-refractivity contribution is 0.411. The summed E-state index contributed by atoms with van der Waals surface area (Å²) in [5.41, 5.74) is 4.32. The van der Waals surface area contributed by atoms with Crippen LogP contribution in [0.2, 0.25) is 0 Å². The Bertz CT molecular complexity index is 811. The number of anilines is 2. The molecule has 1 heterocycles. The van der Waals surface area contributed by atoms with Gasteiger partial charge in [-0.05, 0) is 41.7 Å². The molecule has 0 aromatic heterocycles. The second-order valence-corrected chi connectivity index (χ2v) is 9.30. The molecule has 2 unspecified atom stereocenters. The summed E-state index contributed by atoms with van der Waals surface area (Å²) >= 11 is 1.97. The van der Waals surface area contributed by atoms with E-state index in [2.05, 4.69) is 98.5 Å². The molecular weight excluding hydrogens is 322 g/mol. The van der Waals surface area contributed by atoms with Crippen molar-refractivity contribution in [1.82, 2.24) is 0 Å². The lowest BCUT2D eigenvalue weighted by Crippen LogP contribution is -2.41. The molecule has 2 heteroatoms. The van der Waals surface area contributed by atoms with E-state index in [0.717, 1.165) is 6.42 Å². The van der Waals surface area contributed by atoms with Gasteiger partial charge in [-0.1, -0.05) is 69.3 Å². The van der Waals surface area contributed by atoms with Crippen LogP contribution in [0.1, 0.15) is 26.3 Å². The zero-order chi connectivity index (χ0) is 17.4. The standard InChI is InChI=1S/C23H25NS/c1-23(2,3)16-17-12-14-18(15-13-17)24-19-8-4-6-10-21(19)25-22-11-7-5-9-20(22)24/h4-15,19,21H,16H2,1-3H3. The van der Waals surface area contributed by atoms with E-state index in [1.54, 1.807) is 0 Å². The van der Waals surface area contributed by atoms with Crippen molar-refractivity contribution < 1.29 is 0 Å². The topological polar surface area (TPSA) is 3.24 Å². The third-order valence-electron chi connectivity index (χ3n) is 4.69. The summed E-state index contributed by atoms with van der Waals surface area (Å²) in [5, 5.41) is 0.467. The molecule has 25 heavy (non-hydrogen) atoms. The Morgan fingerprint density at radius 3 is 2.40 bits per heavy atom. The predicted octanol–water partition coefficient (Wildman–Crippen LogP) is 6.38. The van der Waals surface area contributed by atoms with Gasteiger partial charge in [-0.3, -0.25) is 0 Å². The first-order chi connectivity index (χ1) is 12.0. The SMILES string of the molecule is CC(C)(C)Cc1ccc(N2c3ccccc3SC3C=CC=CC32)cc1. The van der Waals surface area contributed by atoms with Gasteiger partial charge in [-0.15, -0.1) is 11.8 Å². The third kappa shape index (κ3) is 3.41. The van der Waals surface area contributed by atoms with Gasteiger partial charge >= 0.3 is 0 Å². The number of fused-ring (bicyclic) bond motifs is 2. The summed E-state index contributed by atoms with van der Waals surface area (Å²) in [6.07, 6.45) is 10.1. The van der Waals surface area contributed by atoms with E-state index < -0.39 is 0 Å². The molecule has 2 aromatic rings. The van der Waals surface area contributed by atoms with Crippen LogP contribution in [0.25, 0.3) is 0 Å². The average molecular weight is 348 g/mol. The minimum Gasteiger partial charge on any atom is -0.332 e. The minimum atomic E-state index is 0.317. The fourth-order valence-electron chi connectivity index (χ4n) is 3.68. The lowest BCUT2D eigenvalue weighted by atomic mass is 9.88. The van der Waals surface area contributed by atoms with Crippen LogP contribution in [0, 0.1) is 5.41 Å². The molecule has 1 nitrogen and oxygen atoms in total. The van der Waals surface area contributed by atoms with Crippen LogP contribution in [-0.2, 0) is 6.42 Å². The molecule has 2 aliphatic rings. The van der Waals surface area contributed by atoms with Crippen LogP contribution in [-0.4, -0.2) is 11.3 Å². The quantitative estimate of drug-likeness (QED) is 0.620. The molecule has 2 atom stereocenters. The van der Waals surface area contributed by atoms with Crippen LogP contribution in [0.5, 0.6) is 0 Å². The number of thioether (sulfide) groups is 1. The van der Waals surface area contributed by atoms with Crippen molar-refractivity contribution in [2.45, 2.75) is 43.4 Å². The van der Waals surface area contributed by atoms with Crippen LogP contribution < -0.4 is 4.90 Å². The molecule has 0 amide bonds. The third-order valence-corrected chi connectivity index (χ3v) is 6.00. The summed E-state index contributed by atoms with van der Waals surface area (Å²) < 4.78 is 0. The highest BCUT2D eigenvalue weighted by Crippen LogP contribution is 2.46. The number of para-hydroxylation sites is 1. The molecular formula is C23H25NS. The van der Waals surface area contributed by atoms with Gasteiger partial charge in [0.25, 0.3) is 0 Å². The second-order valence-electron chi connectivity index (χ2n) is 8.08. The number of nitrogens with zero attached hydrogens (tertiary/aromatic N) is 1. The molecule has 0 spiro atoms. The van der Waals surface area contributed by atoms with Crippen molar-refractivity contribution >= 4 is 23.1 Å². The number of hydrogen-bond acceptors (Lipinski definition) is 2. The summed E-state index contributed by atoms with van der Waals surface area (Å²) in [6.45, 7) is 6.88. The van der Waals surface area contributed by atoms with Gasteiger partial charge in [0.1, 0.15) is 0 Å². The van der Waals surface area contributed by atoms with Crippen LogP contribution in [0.3, 0.4) is 0 Å². The van der Waals surface area contributed by atoms with E-state index in [9.17, 15) is 0 Å². The Hall–Kier alpha value is -1.93. The van der Waals surface area contributed by atoms with E-state index in [-0.39, 0.29) is 0 Å². The molecule has 0 N–H and O–H groups in total. The van der Waals surface area contributed by atoms with Gasteiger partial charge < -0.3 is 4.90 Å². The van der Waals surface area contributed by atoms with Gasteiger partial charge in [-0.2, -0.15) is 0 Å². The van der Waals surface area contributed by atoms with Crippen molar-refractivity contribution in [3.05, 3.63) is 78.4 Å². The molecule has 0 saturated heterocycles. The molecule has 1 aliphatic carbocycles. The zero-order valence-electron chi connectivity index (χ0n) is 15.1. The summed E-state index contributed by atoms with van der Waals surface area (Å²) in [6, 6.07) is 18.3. The highest BCUT2D eigenvalue weighted by atomic mass is 32.2. The van der Waals surface area contributed by atoms with Crippen LogP contribution in [0.4, 0.5) is 11.4 Å². The maximum absolute atomic E-state index is 2.50. The molecule has 2 aromatic carbocycles. The highest BCUT2D eigenvalue weighted by molar-refractivity contribution is 8.00. The molecule has 0 radical (unpaired) electrons. The molecule has 0 fully saturated rings. The largest absolute Gasteiger partial charge is 0.332 e. The normalized spacial score (nSPS) is 21.8. The monoisotopic (exact) mass is 347 g/mol. The van der Waals surface area contributed by atoms with E-state index in [0.29, 0.717) is 16.7 Å². The van der Waals surface area contributed by atoms with Crippen LogP contribution >= 0.6 is 11.8 Å². The smallest absolute Gasteiger partial charge is 0.0683 e. The Morgan fingerprint density at radius 1 is 0.920 bits per heavy atom. The zero-order valence-corrected chi connectivity index (χ0v) is 16.0. The minimum absolute atomic E-state index is 0.317. The molecule has 128 valence electrons. The molecule has 0 bridgehead atoms. The Morgan fingerprint density at radius 2 is 1.64 bits per heavy atom. The number of hydrogen-bond donors (Lipinski definition) is 0. The maximum Gasteiger partial charge on any atom is 0.0683 e. The van der Waals surface area contributed by atoms with E-state index in [1.165, 1.54) is 21.8 Å². The molecule has 0 saturated carbocycles. The first kappa shape index (κ1) is 16.5. The Labute approximate surface area is 155 Å². The van der Waals surface area contributed by atoms with E-state index in [4.69, 9.17) is 0 Å². The van der Waals surface area contributed by atoms with Gasteiger partial charge in [0, 0.05) is 10.6 Å². The lowest BCUT2D eigenvalue weighted by Gasteiger charge is -2.42. The van der Waals surface area contributed by atoms with Crippen LogP contribution in [0.15, 0.2) is 77.7 Å². The van der Waals surface area contributed by atoms with E-state index >= 15 is 0 Å². The first-order valence-electron chi connectivity index (χ1n) is 9.00. The van der Waals surface area contributed by atoms with Crippen molar-refractivity contribution in [2.75, 3.05) is 4.90 Å². The number of allylic oxidation sites excluding steroid dienone is 2. The summed E-state index contributed by atoms with van der Waals surface area (Å²) in [7, 11) is 0. The van der Waals surface area contributed by atoms with Crippen molar-refractivity contribution in [1.29, 1.82) is 0 Å². The Kier molecular flexibility index (Phi) is 4.24. The van der Waals surface area contributed by atoms with Gasteiger partial charge in [0.15, 0.2) is 0 Å². The van der Waals surface area contributed by atoms with Gasteiger partial charge in [-0.25, -0.2) is 0 Å². The van der Waals surface area contributed by atoms with Crippen molar-refractivity contribution in [2.24, 2.45) is 5.41 Å². The summed E-state index contributed by atoms with van der Waals surface area (Å²) in [4.78, 5) is 3.86. The number of rotatable bonds is 2. The second kappa shape index (κ2) is 6.42. The first-order valence-corrected chi connectivity index (χ1v) is 9.88. The average Bonchev–Trinajstić information content (AvgIpc) is 2.59. The van der Waals surface area contributed by atoms with Gasteiger partial charge in [0.05, 0.1) is 17.0 Å². The fourth-order valence-corrected chi connectivity index (χ4v) is 4.94. The molecule has 4 rings (SSSR count). The highest BCUT2D eigenvalue weighted by Gasteiger charge is 2.33. The maximum atomic E-state index is 2.50. The van der Waals surface area contributed by atoms with E-state index in [1.807, 2.05) is 11.8 Å². The Balaban J connectivity index is 1.72. The predicted molar refractivity (Wildman–Crippen MR) is 110 cm³/mol.